The number of ether oxygens (including phenoxy) is 1. The van der Waals surface area contributed by atoms with Crippen LogP contribution in [0.15, 0.2) is 12.1 Å². The molecule has 4 nitrogen and oxygen atoms in total. The van der Waals surface area contributed by atoms with Gasteiger partial charge >= 0.3 is 0 Å². The standard InChI is InChI=1S/C20H31N2O2S/c1-18(2,3)21-11-17(25)16-9-12-8-13-14(10-15(12)24-16)20(6,7)22(23)19(13,4)5/h8,10,16-17,21,25H,9,11H2,1-7H3. The van der Waals surface area contributed by atoms with Crippen LogP contribution in [0.4, 0.5) is 0 Å². The molecule has 0 amide bonds. The quantitative estimate of drug-likeness (QED) is 0.803. The summed E-state index contributed by atoms with van der Waals surface area (Å²) in [6.45, 7) is 15.2. The molecule has 0 bridgehead atoms. The van der Waals surface area contributed by atoms with Gasteiger partial charge in [0.05, 0.1) is 16.3 Å². The average molecular weight is 364 g/mol. The Labute approximate surface area is 157 Å². The Bertz CT molecular complexity index is 634. The minimum absolute atomic E-state index is 0.0605. The first-order chi connectivity index (χ1) is 11.3. The predicted molar refractivity (Wildman–Crippen MR) is 104 cm³/mol. The van der Waals surface area contributed by atoms with E-state index in [0.29, 0.717) is 0 Å². The second-order valence-corrected chi connectivity index (χ2v) is 10.1. The van der Waals surface area contributed by atoms with Crippen molar-refractivity contribution in [2.45, 2.75) is 82.9 Å². The Morgan fingerprint density at radius 2 is 1.80 bits per heavy atom. The molecule has 1 radical (unpaired) electrons. The first-order valence-electron chi connectivity index (χ1n) is 9.09. The summed E-state index contributed by atoms with van der Waals surface area (Å²) in [6, 6.07) is 4.27. The van der Waals surface area contributed by atoms with Gasteiger partial charge in [-0.1, -0.05) is 0 Å². The molecule has 0 fully saturated rings. The van der Waals surface area contributed by atoms with E-state index in [9.17, 15) is 5.21 Å². The molecule has 2 aliphatic heterocycles. The fraction of sp³-hybridized carbons (Fsp3) is 0.700. The molecule has 0 aliphatic carbocycles. The molecule has 3 rings (SSSR count). The summed E-state index contributed by atoms with van der Waals surface area (Å²) in [5.41, 5.74) is 2.41. The third-order valence-corrected chi connectivity index (χ3v) is 6.02. The molecule has 1 N–H and O–H groups in total. The SMILES string of the molecule is CC(C)(C)NCC(S)C1Cc2cc3c(cc2O1)C(C)(C)N([O])C3(C)C. The molecule has 139 valence electrons. The lowest BCUT2D eigenvalue weighted by molar-refractivity contribution is -0.266. The summed E-state index contributed by atoms with van der Waals surface area (Å²) >= 11 is 4.77. The molecule has 0 aromatic heterocycles. The van der Waals surface area contributed by atoms with Gasteiger partial charge in [0.2, 0.25) is 0 Å². The number of benzene rings is 1. The molecule has 2 unspecified atom stereocenters. The highest BCUT2D eigenvalue weighted by molar-refractivity contribution is 7.81. The zero-order valence-electron chi connectivity index (χ0n) is 16.4. The lowest BCUT2D eigenvalue weighted by Gasteiger charge is -2.32. The Kier molecular flexibility index (Phi) is 4.47. The molecule has 25 heavy (non-hydrogen) atoms. The van der Waals surface area contributed by atoms with E-state index in [1.807, 2.05) is 27.7 Å². The van der Waals surface area contributed by atoms with Crippen LogP contribution in [0.1, 0.15) is 65.2 Å². The van der Waals surface area contributed by atoms with Crippen molar-refractivity contribution in [1.82, 2.24) is 10.4 Å². The van der Waals surface area contributed by atoms with Crippen molar-refractivity contribution in [1.29, 1.82) is 0 Å². The molecule has 1 aromatic rings. The van der Waals surface area contributed by atoms with Crippen LogP contribution < -0.4 is 10.1 Å². The topological polar surface area (TPSA) is 44.4 Å². The maximum Gasteiger partial charge on any atom is 0.123 e. The third kappa shape index (κ3) is 3.20. The zero-order chi connectivity index (χ0) is 18.8. The highest BCUT2D eigenvalue weighted by Gasteiger charge is 2.51. The Morgan fingerprint density at radius 3 is 2.36 bits per heavy atom. The van der Waals surface area contributed by atoms with Crippen molar-refractivity contribution in [2.75, 3.05) is 6.54 Å². The van der Waals surface area contributed by atoms with Gasteiger partial charge in [0.15, 0.2) is 0 Å². The summed E-state index contributed by atoms with van der Waals surface area (Å²) in [6.07, 6.45) is 0.906. The van der Waals surface area contributed by atoms with E-state index in [4.69, 9.17) is 17.4 Å². The summed E-state index contributed by atoms with van der Waals surface area (Å²) in [5.74, 6) is 0.915. The van der Waals surface area contributed by atoms with Crippen molar-refractivity contribution >= 4 is 12.6 Å². The van der Waals surface area contributed by atoms with Crippen LogP contribution >= 0.6 is 12.6 Å². The van der Waals surface area contributed by atoms with E-state index in [1.54, 1.807) is 0 Å². The van der Waals surface area contributed by atoms with Crippen LogP contribution in [-0.2, 0) is 22.7 Å². The van der Waals surface area contributed by atoms with Gasteiger partial charge in [-0.25, -0.2) is 0 Å². The normalized spacial score (nSPS) is 25.4. The number of rotatable bonds is 3. The highest BCUT2D eigenvalue weighted by atomic mass is 32.1. The van der Waals surface area contributed by atoms with E-state index in [-0.39, 0.29) is 16.9 Å². The second kappa shape index (κ2) is 5.88. The van der Waals surface area contributed by atoms with Gasteiger partial charge in [0, 0.05) is 18.5 Å². The van der Waals surface area contributed by atoms with Crippen molar-refractivity contribution in [2.24, 2.45) is 0 Å². The third-order valence-electron chi connectivity index (χ3n) is 5.50. The number of hydrogen-bond donors (Lipinski definition) is 2. The van der Waals surface area contributed by atoms with Crippen LogP contribution in [-0.4, -0.2) is 28.5 Å². The van der Waals surface area contributed by atoms with E-state index in [0.717, 1.165) is 29.8 Å². The van der Waals surface area contributed by atoms with E-state index in [1.165, 1.54) is 10.6 Å². The first kappa shape index (κ1) is 19.0. The molecule has 0 saturated heterocycles. The van der Waals surface area contributed by atoms with E-state index in [2.05, 4.69) is 38.2 Å². The van der Waals surface area contributed by atoms with E-state index >= 15 is 0 Å². The summed E-state index contributed by atoms with van der Waals surface area (Å²) in [4.78, 5) is 0. The van der Waals surface area contributed by atoms with Gasteiger partial charge in [0.1, 0.15) is 11.9 Å². The van der Waals surface area contributed by atoms with Crippen LogP contribution in [0.2, 0.25) is 0 Å². The number of fused-ring (bicyclic) bond motifs is 2. The molecule has 0 spiro atoms. The molecule has 2 atom stereocenters. The van der Waals surface area contributed by atoms with Gasteiger partial charge < -0.3 is 10.1 Å². The molecule has 1 aromatic carbocycles. The van der Waals surface area contributed by atoms with Gasteiger partial charge in [-0.2, -0.15) is 12.6 Å². The van der Waals surface area contributed by atoms with Crippen molar-refractivity contribution in [3.63, 3.8) is 0 Å². The summed E-state index contributed by atoms with van der Waals surface area (Å²) in [5, 5.41) is 17.6. The van der Waals surface area contributed by atoms with Crippen LogP contribution in [0.5, 0.6) is 5.75 Å². The van der Waals surface area contributed by atoms with Crippen molar-refractivity contribution in [3.05, 3.63) is 28.8 Å². The van der Waals surface area contributed by atoms with Gasteiger partial charge in [-0.3, -0.25) is 0 Å². The van der Waals surface area contributed by atoms with Gasteiger partial charge in [-0.15, -0.1) is 10.3 Å². The minimum Gasteiger partial charge on any atom is -0.489 e. The number of hydrogen-bond acceptors (Lipinski definition) is 4. The molecular formula is C20H31N2O2S. The monoisotopic (exact) mass is 363 g/mol. The lowest BCUT2D eigenvalue weighted by atomic mass is 9.88. The van der Waals surface area contributed by atoms with Crippen LogP contribution in [0, 0.1) is 0 Å². The first-order valence-corrected chi connectivity index (χ1v) is 9.61. The summed E-state index contributed by atoms with van der Waals surface area (Å²) in [7, 11) is 0. The molecule has 0 saturated carbocycles. The van der Waals surface area contributed by atoms with Crippen molar-refractivity contribution < 1.29 is 9.94 Å². The summed E-state index contributed by atoms with van der Waals surface area (Å²) < 4.78 is 6.22. The Hall–Kier alpha value is -0.750. The maximum absolute atomic E-state index is 12.7. The molecule has 2 aliphatic rings. The van der Waals surface area contributed by atoms with Gasteiger partial charge in [0.25, 0.3) is 0 Å². The van der Waals surface area contributed by atoms with Crippen LogP contribution in [0.3, 0.4) is 0 Å². The second-order valence-electron chi connectivity index (χ2n) is 9.48. The number of nitrogens with zero attached hydrogens (tertiary/aromatic N) is 1. The fourth-order valence-electron chi connectivity index (χ4n) is 4.00. The molecular weight excluding hydrogens is 332 g/mol. The lowest BCUT2D eigenvalue weighted by Crippen LogP contribution is -2.43. The Balaban J connectivity index is 1.83. The highest BCUT2D eigenvalue weighted by Crippen LogP contribution is 2.51. The maximum atomic E-state index is 12.7. The molecule has 2 heterocycles. The zero-order valence-corrected chi connectivity index (χ0v) is 17.3. The van der Waals surface area contributed by atoms with Gasteiger partial charge in [-0.05, 0) is 77.3 Å². The number of thiol groups is 1. The Morgan fingerprint density at radius 1 is 1.24 bits per heavy atom. The van der Waals surface area contributed by atoms with E-state index < -0.39 is 11.1 Å². The molecule has 5 heteroatoms. The van der Waals surface area contributed by atoms with Crippen LogP contribution in [0.25, 0.3) is 0 Å². The predicted octanol–water partition coefficient (Wildman–Crippen LogP) is 3.81. The largest absolute Gasteiger partial charge is 0.489 e. The smallest absolute Gasteiger partial charge is 0.123 e. The average Bonchev–Trinajstić information content (AvgIpc) is 2.97. The fourth-order valence-corrected chi connectivity index (χ4v) is 4.26. The van der Waals surface area contributed by atoms with Crippen molar-refractivity contribution in [3.8, 4) is 5.75 Å². The number of hydroxylamine groups is 2. The number of nitrogens with one attached hydrogen (secondary N) is 1. The minimum atomic E-state index is -0.538.